The first-order valence-electron chi connectivity index (χ1n) is 4.79. The molecule has 0 saturated carbocycles. The molecular weight excluding hydrogens is 136 g/mol. The van der Waals surface area contributed by atoms with Crippen LogP contribution in [-0.2, 0) is 0 Å². The van der Waals surface area contributed by atoms with E-state index in [1.54, 1.807) is 0 Å². The minimum Gasteiger partial charge on any atom is -0.304 e. The van der Waals surface area contributed by atoms with Crippen LogP contribution in [0.2, 0.25) is 0 Å². The summed E-state index contributed by atoms with van der Waals surface area (Å²) in [5.41, 5.74) is 0. The van der Waals surface area contributed by atoms with E-state index in [0.29, 0.717) is 0 Å². The lowest BCUT2D eigenvalue weighted by atomic mass is 10.3. The Kier molecular flexibility index (Phi) is 15.4. The van der Waals surface area contributed by atoms with Crippen LogP contribution >= 0.6 is 0 Å². The van der Waals surface area contributed by atoms with Gasteiger partial charge >= 0.3 is 0 Å². The molecule has 0 bridgehead atoms. The number of nitrogens with one attached hydrogen (secondary N) is 1. The van der Waals surface area contributed by atoms with Crippen molar-refractivity contribution in [1.29, 1.82) is 0 Å². The number of nitrogens with zero attached hydrogens (tertiary/aromatic N) is 1. The zero-order valence-electron chi connectivity index (χ0n) is 8.78. The van der Waals surface area contributed by atoms with E-state index in [1.165, 1.54) is 19.5 Å². The van der Waals surface area contributed by atoms with Gasteiger partial charge in [-0.15, -0.1) is 0 Å². The predicted octanol–water partition coefficient (Wildman–Crippen LogP) is 1.92. The molecule has 0 atom stereocenters. The Morgan fingerprint density at radius 1 is 1.09 bits per heavy atom. The highest BCUT2D eigenvalue weighted by Gasteiger charge is 2.00. The van der Waals surface area contributed by atoms with E-state index in [9.17, 15) is 0 Å². The molecule has 1 aliphatic rings. The third-order valence-corrected chi connectivity index (χ3v) is 1.28. The summed E-state index contributed by atoms with van der Waals surface area (Å²) in [4.78, 5) is 2.28. The van der Waals surface area contributed by atoms with Gasteiger partial charge in [0.2, 0.25) is 0 Å². The molecule has 1 fully saturated rings. The highest BCUT2D eigenvalue weighted by atomic mass is 15.2. The summed E-state index contributed by atoms with van der Waals surface area (Å²) in [5, 5.41) is 3.26. The van der Waals surface area contributed by atoms with E-state index >= 15 is 0 Å². The second kappa shape index (κ2) is 12.6. The molecule has 0 aromatic heterocycles. The van der Waals surface area contributed by atoms with Crippen molar-refractivity contribution in [1.82, 2.24) is 10.2 Å². The maximum absolute atomic E-state index is 3.26. The molecule has 1 heterocycles. The zero-order chi connectivity index (χ0) is 9.11. The summed E-state index contributed by atoms with van der Waals surface area (Å²) in [6.45, 7) is 11.5. The van der Waals surface area contributed by atoms with Crippen molar-refractivity contribution in [3.63, 3.8) is 0 Å². The fourth-order valence-corrected chi connectivity index (χ4v) is 0.823. The average Bonchev–Trinajstić information content (AvgIpc) is 2.13. The standard InChI is InChI=1S/C5H12N2.2C2H6/c1-7-4-2-3-6-5-7;2*1-2/h6H,2-5H2,1H3;2*1-2H3. The van der Waals surface area contributed by atoms with Gasteiger partial charge in [0.25, 0.3) is 0 Å². The lowest BCUT2D eigenvalue weighted by molar-refractivity contribution is 0.261. The van der Waals surface area contributed by atoms with Crippen LogP contribution in [0.15, 0.2) is 0 Å². The lowest BCUT2D eigenvalue weighted by Crippen LogP contribution is -2.38. The number of rotatable bonds is 0. The molecular formula is C9H24N2. The highest BCUT2D eigenvalue weighted by Crippen LogP contribution is 1.88. The second-order valence-corrected chi connectivity index (χ2v) is 2.09. The van der Waals surface area contributed by atoms with Gasteiger partial charge in [-0.3, -0.25) is 4.90 Å². The van der Waals surface area contributed by atoms with Crippen molar-refractivity contribution < 1.29 is 0 Å². The van der Waals surface area contributed by atoms with Crippen LogP contribution < -0.4 is 5.32 Å². The van der Waals surface area contributed by atoms with Crippen molar-refractivity contribution in [3.8, 4) is 0 Å². The number of hydrogen-bond donors (Lipinski definition) is 1. The Morgan fingerprint density at radius 2 is 1.64 bits per heavy atom. The Bertz CT molecular complexity index is 49.5. The van der Waals surface area contributed by atoms with Crippen LogP contribution in [0, 0.1) is 0 Å². The van der Waals surface area contributed by atoms with E-state index in [0.717, 1.165) is 6.67 Å². The third-order valence-electron chi connectivity index (χ3n) is 1.28. The molecule has 70 valence electrons. The van der Waals surface area contributed by atoms with Gasteiger partial charge in [0.15, 0.2) is 0 Å². The molecule has 2 nitrogen and oxygen atoms in total. The highest BCUT2D eigenvalue weighted by molar-refractivity contribution is 4.57. The van der Waals surface area contributed by atoms with Crippen LogP contribution in [0.4, 0.5) is 0 Å². The average molecular weight is 160 g/mol. The van der Waals surface area contributed by atoms with E-state index in [4.69, 9.17) is 0 Å². The van der Waals surface area contributed by atoms with Gasteiger partial charge < -0.3 is 5.32 Å². The molecule has 1 N–H and O–H groups in total. The van der Waals surface area contributed by atoms with Crippen molar-refractivity contribution in [2.75, 3.05) is 26.8 Å². The summed E-state index contributed by atoms with van der Waals surface area (Å²) < 4.78 is 0. The van der Waals surface area contributed by atoms with Crippen molar-refractivity contribution >= 4 is 0 Å². The van der Waals surface area contributed by atoms with Gasteiger partial charge in [0, 0.05) is 13.2 Å². The normalized spacial score (nSPS) is 17.2. The van der Waals surface area contributed by atoms with Gasteiger partial charge in [0.05, 0.1) is 0 Å². The van der Waals surface area contributed by atoms with E-state index in [-0.39, 0.29) is 0 Å². The molecule has 11 heavy (non-hydrogen) atoms. The topological polar surface area (TPSA) is 15.3 Å². The van der Waals surface area contributed by atoms with Gasteiger partial charge in [-0.2, -0.15) is 0 Å². The minimum absolute atomic E-state index is 1.07. The van der Waals surface area contributed by atoms with Crippen LogP contribution in [0.5, 0.6) is 0 Å². The summed E-state index contributed by atoms with van der Waals surface area (Å²) >= 11 is 0. The van der Waals surface area contributed by atoms with Crippen LogP contribution in [0.25, 0.3) is 0 Å². The first kappa shape index (κ1) is 13.5. The third kappa shape index (κ3) is 9.92. The van der Waals surface area contributed by atoms with Crippen molar-refractivity contribution in [3.05, 3.63) is 0 Å². The van der Waals surface area contributed by atoms with E-state index in [1.807, 2.05) is 27.7 Å². The maximum Gasteiger partial charge on any atom is 0.0477 e. The van der Waals surface area contributed by atoms with Crippen molar-refractivity contribution in [2.24, 2.45) is 0 Å². The molecule has 1 saturated heterocycles. The molecule has 1 rings (SSSR count). The Balaban J connectivity index is 0. The van der Waals surface area contributed by atoms with Gasteiger partial charge in [0.1, 0.15) is 0 Å². The zero-order valence-corrected chi connectivity index (χ0v) is 8.78. The quantitative estimate of drug-likeness (QED) is 0.582. The summed E-state index contributed by atoms with van der Waals surface area (Å²) in [6.07, 6.45) is 1.30. The van der Waals surface area contributed by atoms with Gasteiger partial charge in [-0.25, -0.2) is 0 Å². The van der Waals surface area contributed by atoms with E-state index in [2.05, 4.69) is 17.3 Å². The minimum atomic E-state index is 1.07. The second-order valence-electron chi connectivity index (χ2n) is 2.09. The first-order chi connectivity index (χ1) is 5.39. The monoisotopic (exact) mass is 160 g/mol. The Labute approximate surface area is 72.0 Å². The Hall–Kier alpha value is -0.0800. The van der Waals surface area contributed by atoms with Gasteiger partial charge in [-0.05, 0) is 20.0 Å². The predicted molar refractivity (Wildman–Crippen MR) is 52.8 cm³/mol. The number of hydrogen-bond acceptors (Lipinski definition) is 2. The van der Waals surface area contributed by atoms with Crippen LogP contribution in [0.3, 0.4) is 0 Å². The largest absolute Gasteiger partial charge is 0.304 e. The molecule has 0 aromatic carbocycles. The molecule has 0 aliphatic carbocycles. The lowest BCUT2D eigenvalue weighted by Gasteiger charge is -2.22. The fraction of sp³-hybridized carbons (Fsp3) is 1.00. The smallest absolute Gasteiger partial charge is 0.0477 e. The maximum atomic E-state index is 3.26. The SMILES string of the molecule is CC.CC.CN1CCCNC1. The molecule has 0 aromatic rings. The molecule has 0 amide bonds. The van der Waals surface area contributed by atoms with Gasteiger partial charge in [-0.1, -0.05) is 27.7 Å². The van der Waals surface area contributed by atoms with Crippen molar-refractivity contribution in [2.45, 2.75) is 34.1 Å². The molecule has 1 aliphatic heterocycles. The first-order valence-corrected chi connectivity index (χ1v) is 4.79. The van der Waals surface area contributed by atoms with Crippen LogP contribution in [0.1, 0.15) is 34.1 Å². The van der Waals surface area contributed by atoms with E-state index < -0.39 is 0 Å². The fourth-order valence-electron chi connectivity index (χ4n) is 0.823. The molecule has 0 spiro atoms. The molecule has 2 heteroatoms. The summed E-state index contributed by atoms with van der Waals surface area (Å²) in [6, 6.07) is 0. The molecule has 0 unspecified atom stereocenters. The molecule has 0 radical (unpaired) electrons. The summed E-state index contributed by atoms with van der Waals surface area (Å²) in [5.74, 6) is 0. The summed E-state index contributed by atoms with van der Waals surface area (Å²) in [7, 11) is 2.13. The Morgan fingerprint density at radius 3 is 1.82 bits per heavy atom. The van der Waals surface area contributed by atoms with Crippen LogP contribution in [-0.4, -0.2) is 31.7 Å².